The van der Waals surface area contributed by atoms with Gasteiger partial charge in [0.05, 0.1) is 7.11 Å². The summed E-state index contributed by atoms with van der Waals surface area (Å²) in [6.45, 7) is 1.10. The number of ether oxygens (including phenoxy) is 1. The predicted octanol–water partition coefficient (Wildman–Crippen LogP) is 2.13. The van der Waals surface area contributed by atoms with Crippen molar-refractivity contribution >= 4 is 0 Å². The van der Waals surface area contributed by atoms with E-state index in [2.05, 4.69) is 5.32 Å². The summed E-state index contributed by atoms with van der Waals surface area (Å²) >= 11 is 0. The molecule has 1 aliphatic heterocycles. The lowest BCUT2D eigenvalue weighted by molar-refractivity contribution is 0.385. The van der Waals surface area contributed by atoms with Gasteiger partial charge in [-0.05, 0) is 43.5 Å². The van der Waals surface area contributed by atoms with Gasteiger partial charge in [0, 0.05) is 6.04 Å². The van der Waals surface area contributed by atoms with E-state index in [-0.39, 0.29) is 5.82 Å². The first-order chi connectivity index (χ1) is 7.29. The summed E-state index contributed by atoms with van der Waals surface area (Å²) in [5.41, 5.74) is 1.13. The molecular formula is C12H16FNO. The second-order valence-electron chi connectivity index (χ2n) is 3.97. The van der Waals surface area contributed by atoms with Crippen molar-refractivity contribution in [3.8, 4) is 5.75 Å². The molecule has 1 N–H and O–H groups in total. The molecule has 82 valence electrons. The molecule has 0 radical (unpaired) electrons. The van der Waals surface area contributed by atoms with E-state index in [1.807, 2.05) is 6.07 Å². The van der Waals surface area contributed by atoms with Crippen LogP contribution in [0.15, 0.2) is 18.2 Å². The van der Waals surface area contributed by atoms with Gasteiger partial charge in [0.15, 0.2) is 11.6 Å². The zero-order valence-electron chi connectivity index (χ0n) is 8.92. The highest BCUT2D eigenvalue weighted by Crippen LogP contribution is 2.20. The fourth-order valence-electron chi connectivity index (χ4n) is 2.05. The minimum absolute atomic E-state index is 0.291. The van der Waals surface area contributed by atoms with Gasteiger partial charge in [-0.15, -0.1) is 0 Å². The van der Waals surface area contributed by atoms with Crippen molar-refractivity contribution < 1.29 is 9.13 Å². The van der Waals surface area contributed by atoms with Crippen LogP contribution in [0.2, 0.25) is 0 Å². The number of hydrogen-bond acceptors (Lipinski definition) is 2. The third kappa shape index (κ3) is 2.48. The predicted molar refractivity (Wildman–Crippen MR) is 57.7 cm³/mol. The Morgan fingerprint density at radius 3 is 3.07 bits per heavy atom. The summed E-state index contributed by atoms with van der Waals surface area (Å²) in [7, 11) is 1.50. The Morgan fingerprint density at radius 2 is 2.40 bits per heavy atom. The van der Waals surface area contributed by atoms with E-state index in [4.69, 9.17) is 4.74 Å². The standard InChI is InChI=1S/C12H16FNO/c1-15-12-8-9(4-5-11(12)13)7-10-3-2-6-14-10/h4-5,8,10,14H,2-3,6-7H2,1H3. The molecule has 1 fully saturated rings. The minimum atomic E-state index is -0.291. The fraction of sp³-hybridized carbons (Fsp3) is 0.500. The van der Waals surface area contributed by atoms with Crippen molar-refractivity contribution in [2.24, 2.45) is 0 Å². The van der Waals surface area contributed by atoms with Crippen molar-refractivity contribution in [1.29, 1.82) is 0 Å². The van der Waals surface area contributed by atoms with Gasteiger partial charge in [-0.3, -0.25) is 0 Å². The Kier molecular flexibility index (Phi) is 3.21. The van der Waals surface area contributed by atoms with Crippen LogP contribution in [0.25, 0.3) is 0 Å². The first kappa shape index (κ1) is 10.4. The molecule has 1 saturated heterocycles. The van der Waals surface area contributed by atoms with E-state index in [0.717, 1.165) is 18.5 Å². The number of methoxy groups -OCH3 is 1. The molecule has 3 heteroatoms. The van der Waals surface area contributed by atoms with Crippen LogP contribution in [0.4, 0.5) is 4.39 Å². The van der Waals surface area contributed by atoms with Gasteiger partial charge in [-0.2, -0.15) is 0 Å². The molecule has 15 heavy (non-hydrogen) atoms. The summed E-state index contributed by atoms with van der Waals surface area (Å²) in [6.07, 6.45) is 3.40. The highest BCUT2D eigenvalue weighted by Gasteiger charge is 2.15. The molecular weight excluding hydrogens is 193 g/mol. The number of nitrogens with one attached hydrogen (secondary N) is 1. The second-order valence-corrected chi connectivity index (χ2v) is 3.97. The minimum Gasteiger partial charge on any atom is -0.494 e. The molecule has 0 saturated carbocycles. The molecule has 1 aliphatic rings. The summed E-state index contributed by atoms with van der Waals surface area (Å²) < 4.78 is 18.1. The van der Waals surface area contributed by atoms with E-state index in [9.17, 15) is 4.39 Å². The lowest BCUT2D eigenvalue weighted by Crippen LogP contribution is -2.23. The average Bonchev–Trinajstić information content (AvgIpc) is 2.73. The van der Waals surface area contributed by atoms with E-state index in [1.165, 1.54) is 26.0 Å². The molecule has 1 heterocycles. The van der Waals surface area contributed by atoms with Gasteiger partial charge in [0.2, 0.25) is 0 Å². The average molecular weight is 209 g/mol. The summed E-state index contributed by atoms with van der Waals surface area (Å²) in [4.78, 5) is 0. The van der Waals surface area contributed by atoms with Crippen LogP contribution in [0, 0.1) is 5.82 Å². The van der Waals surface area contributed by atoms with Gasteiger partial charge >= 0.3 is 0 Å². The van der Waals surface area contributed by atoms with E-state index < -0.39 is 0 Å². The maximum absolute atomic E-state index is 13.1. The molecule has 1 aromatic carbocycles. The summed E-state index contributed by atoms with van der Waals surface area (Å²) in [6, 6.07) is 5.64. The van der Waals surface area contributed by atoms with E-state index in [1.54, 1.807) is 6.07 Å². The molecule has 1 atom stereocenters. The number of hydrogen-bond donors (Lipinski definition) is 1. The van der Waals surface area contributed by atoms with Crippen molar-refractivity contribution in [3.05, 3.63) is 29.6 Å². The first-order valence-electron chi connectivity index (χ1n) is 5.35. The molecule has 0 amide bonds. The van der Waals surface area contributed by atoms with E-state index in [0.29, 0.717) is 11.8 Å². The van der Waals surface area contributed by atoms with E-state index >= 15 is 0 Å². The summed E-state index contributed by atoms with van der Waals surface area (Å²) in [5.74, 6) is 0.0473. The highest BCUT2D eigenvalue weighted by molar-refractivity contribution is 5.30. The second kappa shape index (κ2) is 4.62. The van der Waals surface area contributed by atoms with Crippen LogP contribution >= 0.6 is 0 Å². The van der Waals surface area contributed by atoms with Gasteiger partial charge in [-0.1, -0.05) is 6.07 Å². The van der Waals surface area contributed by atoms with Crippen LogP contribution in [0.1, 0.15) is 18.4 Å². The molecule has 2 rings (SSSR count). The Morgan fingerprint density at radius 1 is 1.53 bits per heavy atom. The number of rotatable bonds is 3. The lowest BCUT2D eigenvalue weighted by Gasteiger charge is -2.11. The zero-order valence-corrected chi connectivity index (χ0v) is 8.92. The smallest absolute Gasteiger partial charge is 0.165 e. The van der Waals surface area contributed by atoms with Crippen molar-refractivity contribution in [1.82, 2.24) is 5.32 Å². The SMILES string of the molecule is COc1cc(CC2CCCN2)ccc1F. The fourth-order valence-corrected chi connectivity index (χ4v) is 2.05. The molecule has 1 aromatic rings. The third-order valence-corrected chi connectivity index (χ3v) is 2.86. The van der Waals surface area contributed by atoms with Crippen LogP contribution in [-0.4, -0.2) is 19.7 Å². The molecule has 0 spiro atoms. The topological polar surface area (TPSA) is 21.3 Å². The van der Waals surface area contributed by atoms with Gasteiger partial charge in [0.1, 0.15) is 0 Å². The summed E-state index contributed by atoms with van der Waals surface area (Å²) in [5, 5.41) is 3.42. The van der Waals surface area contributed by atoms with Crippen molar-refractivity contribution in [2.75, 3.05) is 13.7 Å². The molecule has 1 unspecified atom stereocenters. The van der Waals surface area contributed by atoms with Crippen molar-refractivity contribution in [3.63, 3.8) is 0 Å². The quantitative estimate of drug-likeness (QED) is 0.823. The monoisotopic (exact) mass is 209 g/mol. The molecule has 0 aromatic heterocycles. The Hall–Kier alpha value is -1.09. The van der Waals surface area contributed by atoms with Gasteiger partial charge < -0.3 is 10.1 Å². The van der Waals surface area contributed by atoms with Crippen molar-refractivity contribution in [2.45, 2.75) is 25.3 Å². The molecule has 0 bridgehead atoms. The first-order valence-corrected chi connectivity index (χ1v) is 5.35. The van der Waals surface area contributed by atoms with Crippen LogP contribution in [-0.2, 0) is 6.42 Å². The number of halogens is 1. The van der Waals surface area contributed by atoms with Gasteiger partial charge in [0.25, 0.3) is 0 Å². The zero-order chi connectivity index (χ0) is 10.7. The maximum atomic E-state index is 13.1. The molecule has 0 aliphatic carbocycles. The maximum Gasteiger partial charge on any atom is 0.165 e. The largest absolute Gasteiger partial charge is 0.494 e. The molecule has 2 nitrogen and oxygen atoms in total. The Balaban J connectivity index is 2.07. The van der Waals surface area contributed by atoms with Crippen LogP contribution in [0.3, 0.4) is 0 Å². The van der Waals surface area contributed by atoms with Crippen LogP contribution in [0.5, 0.6) is 5.75 Å². The van der Waals surface area contributed by atoms with Gasteiger partial charge in [-0.25, -0.2) is 4.39 Å². The number of benzene rings is 1. The highest BCUT2D eigenvalue weighted by atomic mass is 19.1. The van der Waals surface area contributed by atoms with Crippen LogP contribution < -0.4 is 10.1 Å². The third-order valence-electron chi connectivity index (χ3n) is 2.86. The lowest BCUT2D eigenvalue weighted by atomic mass is 10.0. The Bertz CT molecular complexity index is 334. The Labute approximate surface area is 89.4 Å². The normalized spacial score (nSPS) is 20.5.